The lowest BCUT2D eigenvalue weighted by Crippen LogP contribution is -2.31. The molecule has 1 saturated heterocycles. The Kier molecular flexibility index (Phi) is 4.39. The van der Waals surface area contributed by atoms with Crippen molar-refractivity contribution in [2.24, 2.45) is 0 Å². The van der Waals surface area contributed by atoms with Gasteiger partial charge in [0.15, 0.2) is 0 Å². The van der Waals surface area contributed by atoms with Gasteiger partial charge in [-0.25, -0.2) is 4.98 Å². The van der Waals surface area contributed by atoms with Gasteiger partial charge in [-0.05, 0) is 24.1 Å². The summed E-state index contributed by atoms with van der Waals surface area (Å²) in [6.45, 7) is 1.22. The predicted molar refractivity (Wildman–Crippen MR) is 94.2 cm³/mol. The van der Waals surface area contributed by atoms with Gasteiger partial charge in [-0.2, -0.15) is 0 Å². The number of likely N-dealkylation sites (tertiary alicyclic amines) is 1. The lowest BCUT2D eigenvalue weighted by atomic mass is 9.89. The normalized spacial score (nSPS) is 20.1. The number of furan rings is 1. The molecule has 2 aromatic heterocycles. The molecule has 0 bridgehead atoms. The van der Waals surface area contributed by atoms with E-state index in [1.54, 1.807) is 29.8 Å². The van der Waals surface area contributed by atoms with Crippen LogP contribution in [0.2, 0.25) is 0 Å². The molecule has 1 fully saturated rings. The Morgan fingerprint density at radius 3 is 2.58 bits per heavy atom. The molecule has 0 radical (unpaired) electrons. The Morgan fingerprint density at radius 1 is 1.04 bits per heavy atom. The first-order valence-corrected chi connectivity index (χ1v) is 8.64. The molecular weight excluding hydrogens is 330 g/mol. The number of carbonyl (C=O) groups is 2. The highest BCUT2D eigenvalue weighted by molar-refractivity contribution is 6.40. The monoisotopic (exact) mass is 349 g/mol. The van der Waals surface area contributed by atoms with Crippen molar-refractivity contribution >= 4 is 11.7 Å². The Bertz CT molecular complexity index is 872. The van der Waals surface area contributed by atoms with Crippen LogP contribution in [0.4, 0.5) is 0 Å². The molecule has 0 N–H and O–H groups in total. The highest BCUT2D eigenvalue weighted by atomic mass is 16.3. The fourth-order valence-corrected chi connectivity index (χ4v) is 3.58. The van der Waals surface area contributed by atoms with E-state index in [4.69, 9.17) is 4.42 Å². The molecule has 0 saturated carbocycles. The zero-order valence-electron chi connectivity index (χ0n) is 14.2. The maximum Gasteiger partial charge on any atom is 0.291 e. The van der Waals surface area contributed by atoms with Crippen LogP contribution in [-0.2, 0) is 16.1 Å². The number of aryl methyl sites for hydroxylation is 1. The van der Waals surface area contributed by atoms with E-state index in [1.807, 2.05) is 47.2 Å². The highest BCUT2D eigenvalue weighted by Crippen LogP contribution is 2.42. The van der Waals surface area contributed by atoms with Gasteiger partial charge in [-0.3, -0.25) is 9.59 Å². The third kappa shape index (κ3) is 2.94. The van der Waals surface area contributed by atoms with E-state index < -0.39 is 17.9 Å². The average Bonchev–Trinajstić information content (AvgIpc) is 3.40. The largest absolute Gasteiger partial charge is 0.467 e. The molecule has 4 rings (SSSR count). The number of hydrogen-bond donors (Lipinski definition) is 0. The third-order valence-electron chi connectivity index (χ3n) is 4.77. The molecule has 26 heavy (non-hydrogen) atoms. The van der Waals surface area contributed by atoms with Gasteiger partial charge >= 0.3 is 0 Å². The van der Waals surface area contributed by atoms with Crippen molar-refractivity contribution in [3.8, 4) is 0 Å². The number of benzene rings is 1. The van der Waals surface area contributed by atoms with Crippen molar-refractivity contribution in [2.75, 3.05) is 6.54 Å². The number of hydrogen-bond acceptors (Lipinski definition) is 4. The smallest absolute Gasteiger partial charge is 0.291 e. The number of rotatable bonds is 6. The van der Waals surface area contributed by atoms with Gasteiger partial charge in [0.2, 0.25) is 5.78 Å². The first kappa shape index (κ1) is 16.3. The van der Waals surface area contributed by atoms with Crippen LogP contribution >= 0.6 is 0 Å². The van der Waals surface area contributed by atoms with E-state index in [0.717, 1.165) is 18.5 Å². The zero-order chi connectivity index (χ0) is 17.9. The van der Waals surface area contributed by atoms with Crippen molar-refractivity contribution in [2.45, 2.75) is 24.9 Å². The van der Waals surface area contributed by atoms with E-state index >= 15 is 0 Å². The van der Waals surface area contributed by atoms with Crippen LogP contribution in [0, 0.1) is 0 Å². The summed E-state index contributed by atoms with van der Waals surface area (Å²) in [7, 11) is 0. The fourth-order valence-electron chi connectivity index (χ4n) is 3.58. The topological polar surface area (TPSA) is 68.3 Å². The Labute approximate surface area is 151 Å². The van der Waals surface area contributed by atoms with Crippen molar-refractivity contribution in [1.29, 1.82) is 0 Å². The molecule has 2 unspecified atom stereocenters. The van der Waals surface area contributed by atoms with Crippen LogP contribution < -0.4 is 0 Å². The fraction of sp³-hybridized carbons (Fsp3) is 0.250. The lowest BCUT2D eigenvalue weighted by Gasteiger charge is -2.25. The van der Waals surface area contributed by atoms with Gasteiger partial charge in [0.25, 0.3) is 5.91 Å². The summed E-state index contributed by atoms with van der Waals surface area (Å²) in [5.41, 5.74) is 0.837. The molecule has 3 aromatic rings. The van der Waals surface area contributed by atoms with Gasteiger partial charge in [0.05, 0.1) is 18.5 Å². The lowest BCUT2D eigenvalue weighted by molar-refractivity contribution is -0.140. The first-order valence-electron chi connectivity index (χ1n) is 8.64. The molecule has 1 aliphatic rings. The molecule has 2 atom stereocenters. The van der Waals surface area contributed by atoms with Crippen LogP contribution in [0.3, 0.4) is 0 Å². The number of ketones is 1. The van der Waals surface area contributed by atoms with E-state index in [2.05, 4.69) is 4.98 Å². The molecule has 3 heterocycles. The molecule has 132 valence electrons. The van der Waals surface area contributed by atoms with Crippen LogP contribution in [0.15, 0.2) is 71.9 Å². The van der Waals surface area contributed by atoms with Gasteiger partial charge in [-0.15, -0.1) is 0 Å². The van der Waals surface area contributed by atoms with E-state index in [9.17, 15) is 9.59 Å². The van der Waals surface area contributed by atoms with Crippen molar-refractivity contribution in [3.05, 3.63) is 78.8 Å². The minimum Gasteiger partial charge on any atom is -0.467 e. The molecule has 0 aliphatic carbocycles. The van der Waals surface area contributed by atoms with E-state index in [-0.39, 0.29) is 5.78 Å². The second-order valence-corrected chi connectivity index (χ2v) is 6.37. The van der Waals surface area contributed by atoms with E-state index in [0.29, 0.717) is 12.3 Å². The summed E-state index contributed by atoms with van der Waals surface area (Å²) in [6, 6.07) is 12.7. The van der Waals surface area contributed by atoms with Crippen LogP contribution in [0.25, 0.3) is 0 Å². The van der Waals surface area contributed by atoms with Crippen LogP contribution in [0.5, 0.6) is 0 Å². The standard InChI is InChI=1S/C20H19N3O3/c24-19-17(15-6-2-1-3-7-15)18(16-8-4-13-26-16)23(20(19)25)11-5-10-22-12-9-21-14-22/h1-4,6-9,12-14,17-18H,5,10-11H2. The average molecular weight is 349 g/mol. The maximum atomic E-state index is 12.8. The van der Waals surface area contributed by atoms with Crippen molar-refractivity contribution in [1.82, 2.24) is 14.5 Å². The molecular formula is C20H19N3O3. The minimum absolute atomic E-state index is 0.375. The van der Waals surface area contributed by atoms with Crippen LogP contribution in [0.1, 0.15) is 29.7 Å². The van der Waals surface area contributed by atoms with Gasteiger partial charge in [0.1, 0.15) is 11.8 Å². The summed E-state index contributed by atoms with van der Waals surface area (Å²) in [4.78, 5) is 31.1. The predicted octanol–water partition coefficient (Wildman–Crippen LogP) is 2.80. The molecule has 1 aliphatic heterocycles. The number of carbonyl (C=O) groups excluding carboxylic acids is 2. The van der Waals surface area contributed by atoms with Crippen LogP contribution in [-0.4, -0.2) is 32.7 Å². The minimum atomic E-state index is -0.539. The summed E-state index contributed by atoms with van der Waals surface area (Å²) in [5, 5.41) is 0. The van der Waals surface area contributed by atoms with E-state index in [1.165, 1.54) is 0 Å². The molecule has 6 nitrogen and oxygen atoms in total. The van der Waals surface area contributed by atoms with Crippen molar-refractivity contribution < 1.29 is 14.0 Å². The molecule has 0 spiro atoms. The van der Waals surface area contributed by atoms with Gasteiger partial charge < -0.3 is 13.9 Å². The van der Waals surface area contributed by atoms with Gasteiger partial charge in [-0.1, -0.05) is 30.3 Å². The summed E-state index contributed by atoms with van der Waals surface area (Å²) in [5.74, 6) is -0.713. The maximum absolute atomic E-state index is 12.8. The highest BCUT2D eigenvalue weighted by Gasteiger charge is 2.49. The Morgan fingerprint density at radius 2 is 1.88 bits per heavy atom. The Balaban J connectivity index is 1.61. The number of nitrogens with zero attached hydrogens (tertiary/aromatic N) is 3. The summed E-state index contributed by atoms with van der Waals surface area (Å²) in [6.07, 6.45) is 7.66. The number of aromatic nitrogens is 2. The third-order valence-corrected chi connectivity index (χ3v) is 4.77. The van der Waals surface area contributed by atoms with Crippen molar-refractivity contribution in [3.63, 3.8) is 0 Å². The van der Waals surface area contributed by atoms with Gasteiger partial charge in [0, 0.05) is 25.5 Å². The molecule has 1 amide bonds. The summed E-state index contributed by atoms with van der Waals surface area (Å²) >= 11 is 0. The number of imidazole rings is 1. The first-order chi connectivity index (χ1) is 12.8. The molecule has 6 heteroatoms. The summed E-state index contributed by atoms with van der Waals surface area (Å²) < 4.78 is 7.54. The second-order valence-electron chi connectivity index (χ2n) is 6.37. The zero-order valence-corrected chi connectivity index (χ0v) is 14.2. The second kappa shape index (κ2) is 7.00. The SMILES string of the molecule is O=C1C(=O)N(CCCn2ccnc2)C(c2ccco2)C1c1ccccc1. The molecule has 1 aromatic carbocycles. The quantitative estimate of drug-likeness (QED) is 0.642. The number of Topliss-reactive ketones (excluding diaryl/α,β-unsaturated/α-hetero) is 1. The Hall–Kier alpha value is -3.15. The number of amides is 1.